The molecule has 2 heteroatoms. The molecular weight excluding hydrogens is 188 g/mol. The summed E-state index contributed by atoms with van der Waals surface area (Å²) in [6, 6.07) is 14.0. The molecule has 1 aliphatic carbocycles. The lowest BCUT2D eigenvalue weighted by molar-refractivity contribution is -0.138. The molecule has 0 saturated carbocycles. The Hall–Kier alpha value is -1.80. The first-order valence-corrected chi connectivity index (χ1v) is 4.92. The van der Waals surface area contributed by atoms with Crippen LogP contribution < -0.4 is 4.89 Å². The molecule has 1 N–H and O–H groups in total. The fraction of sp³-hybridized carbons (Fsp3) is 0.0769. The van der Waals surface area contributed by atoms with E-state index in [9.17, 15) is 0 Å². The van der Waals surface area contributed by atoms with Crippen LogP contribution in [0.3, 0.4) is 0 Å². The van der Waals surface area contributed by atoms with Crippen molar-refractivity contribution in [1.82, 2.24) is 0 Å². The normalized spacial score (nSPS) is 12.1. The van der Waals surface area contributed by atoms with E-state index in [0.717, 1.165) is 17.5 Å². The van der Waals surface area contributed by atoms with Gasteiger partial charge in [0.1, 0.15) is 0 Å². The quantitative estimate of drug-likeness (QED) is 0.481. The van der Waals surface area contributed by atoms with Crippen LogP contribution in [0.4, 0.5) is 0 Å². The molecule has 15 heavy (non-hydrogen) atoms. The highest BCUT2D eigenvalue weighted by molar-refractivity contribution is 5.78. The highest BCUT2D eigenvalue weighted by Crippen LogP contribution is 2.40. The van der Waals surface area contributed by atoms with Gasteiger partial charge in [-0.25, -0.2) is 5.26 Å². The van der Waals surface area contributed by atoms with Crippen LogP contribution in [0, 0.1) is 0 Å². The Kier molecular flexibility index (Phi) is 1.76. The molecule has 0 atom stereocenters. The van der Waals surface area contributed by atoms with Crippen LogP contribution in [0.15, 0.2) is 42.5 Å². The van der Waals surface area contributed by atoms with Gasteiger partial charge in [0, 0.05) is 12.0 Å². The van der Waals surface area contributed by atoms with Crippen LogP contribution in [0.1, 0.15) is 11.1 Å². The van der Waals surface area contributed by atoms with Crippen LogP contribution in [0.2, 0.25) is 0 Å². The Morgan fingerprint density at radius 3 is 2.60 bits per heavy atom. The van der Waals surface area contributed by atoms with E-state index in [1.54, 1.807) is 6.07 Å². The highest BCUT2D eigenvalue weighted by Gasteiger charge is 2.21. The number of rotatable bonds is 1. The molecule has 0 heterocycles. The zero-order valence-corrected chi connectivity index (χ0v) is 8.10. The molecule has 0 amide bonds. The summed E-state index contributed by atoms with van der Waals surface area (Å²) in [6.07, 6.45) is 0.836. The maximum atomic E-state index is 8.78. The Balaban J connectivity index is 2.26. The highest BCUT2D eigenvalue weighted by atomic mass is 17.1. The van der Waals surface area contributed by atoms with Crippen molar-refractivity contribution >= 4 is 0 Å². The van der Waals surface area contributed by atoms with Gasteiger partial charge in [-0.15, -0.1) is 0 Å². The molecule has 0 radical (unpaired) electrons. The minimum Gasteiger partial charge on any atom is -0.340 e. The lowest BCUT2D eigenvalue weighted by Gasteiger charge is -2.03. The molecule has 2 aromatic carbocycles. The summed E-state index contributed by atoms with van der Waals surface area (Å²) < 4.78 is 0. The minimum absolute atomic E-state index is 0.559. The summed E-state index contributed by atoms with van der Waals surface area (Å²) in [4.78, 5) is 4.39. The molecule has 0 bridgehead atoms. The molecule has 0 aliphatic heterocycles. The zero-order valence-electron chi connectivity index (χ0n) is 8.10. The molecule has 0 unspecified atom stereocenters. The Morgan fingerprint density at radius 2 is 1.73 bits per heavy atom. The first kappa shape index (κ1) is 8.50. The van der Waals surface area contributed by atoms with Crippen molar-refractivity contribution in [2.24, 2.45) is 0 Å². The molecule has 0 fully saturated rings. The molecular formula is C13H10O2. The van der Waals surface area contributed by atoms with Crippen molar-refractivity contribution < 1.29 is 10.1 Å². The fourth-order valence-electron chi connectivity index (χ4n) is 2.21. The smallest absolute Gasteiger partial charge is 0.169 e. The second-order valence-electron chi connectivity index (χ2n) is 3.71. The lowest BCUT2D eigenvalue weighted by Crippen LogP contribution is -1.90. The summed E-state index contributed by atoms with van der Waals surface area (Å²) in [6.45, 7) is 0. The SMILES string of the molecule is OOc1cccc2c1Cc1ccccc1-2. The Labute approximate surface area is 87.7 Å². The van der Waals surface area contributed by atoms with Crippen molar-refractivity contribution in [3.05, 3.63) is 53.6 Å². The zero-order chi connectivity index (χ0) is 10.3. The van der Waals surface area contributed by atoms with Crippen molar-refractivity contribution in [2.75, 3.05) is 0 Å². The van der Waals surface area contributed by atoms with E-state index in [1.807, 2.05) is 18.2 Å². The minimum atomic E-state index is 0.559. The van der Waals surface area contributed by atoms with Gasteiger partial charge in [-0.1, -0.05) is 36.4 Å². The summed E-state index contributed by atoms with van der Waals surface area (Å²) >= 11 is 0. The average Bonchev–Trinajstić information content (AvgIpc) is 2.67. The summed E-state index contributed by atoms with van der Waals surface area (Å²) in [5.74, 6) is 0.559. The van der Waals surface area contributed by atoms with Crippen molar-refractivity contribution in [3.8, 4) is 16.9 Å². The molecule has 74 valence electrons. The molecule has 0 saturated heterocycles. The first-order valence-electron chi connectivity index (χ1n) is 4.92. The second kappa shape index (κ2) is 3.11. The van der Waals surface area contributed by atoms with Crippen molar-refractivity contribution in [2.45, 2.75) is 6.42 Å². The van der Waals surface area contributed by atoms with Crippen LogP contribution in [0.5, 0.6) is 5.75 Å². The third-order valence-electron chi connectivity index (χ3n) is 2.91. The van der Waals surface area contributed by atoms with Gasteiger partial charge in [0.25, 0.3) is 0 Å². The van der Waals surface area contributed by atoms with Gasteiger partial charge in [0.05, 0.1) is 0 Å². The topological polar surface area (TPSA) is 29.5 Å². The molecule has 1 aliphatic rings. The Morgan fingerprint density at radius 1 is 0.933 bits per heavy atom. The summed E-state index contributed by atoms with van der Waals surface area (Å²) in [5, 5.41) is 8.78. The predicted octanol–water partition coefficient (Wildman–Crippen LogP) is 3.11. The van der Waals surface area contributed by atoms with Gasteiger partial charge in [0.15, 0.2) is 5.75 Å². The van der Waals surface area contributed by atoms with Crippen LogP contribution >= 0.6 is 0 Å². The van der Waals surface area contributed by atoms with Crippen molar-refractivity contribution in [1.29, 1.82) is 0 Å². The second-order valence-corrected chi connectivity index (χ2v) is 3.71. The molecule has 2 nitrogen and oxygen atoms in total. The molecule has 0 spiro atoms. The van der Waals surface area contributed by atoms with Gasteiger partial charge in [-0.2, -0.15) is 0 Å². The van der Waals surface area contributed by atoms with Gasteiger partial charge in [0.2, 0.25) is 0 Å². The standard InChI is InChI=1S/C13H10O2/c14-15-13-7-3-6-11-10-5-2-1-4-9(10)8-12(11)13/h1-7,14H,8H2. The molecule has 2 aromatic rings. The van der Waals surface area contributed by atoms with Crippen LogP contribution in [-0.2, 0) is 6.42 Å². The number of benzene rings is 2. The molecule has 0 aromatic heterocycles. The first-order chi connectivity index (χ1) is 7.40. The number of hydrogen-bond donors (Lipinski definition) is 1. The summed E-state index contributed by atoms with van der Waals surface area (Å²) in [7, 11) is 0. The van der Waals surface area contributed by atoms with E-state index in [0.29, 0.717) is 5.75 Å². The third-order valence-corrected chi connectivity index (χ3v) is 2.91. The van der Waals surface area contributed by atoms with Gasteiger partial charge < -0.3 is 4.89 Å². The van der Waals surface area contributed by atoms with Gasteiger partial charge in [-0.3, -0.25) is 0 Å². The van der Waals surface area contributed by atoms with E-state index in [2.05, 4.69) is 23.1 Å². The lowest BCUT2D eigenvalue weighted by atomic mass is 10.1. The molecule has 3 rings (SSSR count). The fourth-order valence-corrected chi connectivity index (χ4v) is 2.21. The average molecular weight is 198 g/mol. The maximum absolute atomic E-state index is 8.78. The maximum Gasteiger partial charge on any atom is 0.169 e. The van der Waals surface area contributed by atoms with Gasteiger partial charge in [-0.05, 0) is 22.8 Å². The van der Waals surface area contributed by atoms with Crippen LogP contribution in [-0.4, -0.2) is 5.26 Å². The van der Waals surface area contributed by atoms with E-state index in [-0.39, 0.29) is 0 Å². The Bertz CT molecular complexity index is 518. The third kappa shape index (κ3) is 1.15. The monoisotopic (exact) mass is 198 g/mol. The number of hydrogen-bond acceptors (Lipinski definition) is 2. The van der Waals surface area contributed by atoms with Crippen LogP contribution in [0.25, 0.3) is 11.1 Å². The van der Waals surface area contributed by atoms with Crippen molar-refractivity contribution in [3.63, 3.8) is 0 Å². The van der Waals surface area contributed by atoms with E-state index in [1.165, 1.54) is 11.1 Å². The van der Waals surface area contributed by atoms with E-state index in [4.69, 9.17) is 5.26 Å². The number of fused-ring (bicyclic) bond motifs is 3. The summed E-state index contributed by atoms with van der Waals surface area (Å²) in [5.41, 5.74) is 4.77. The van der Waals surface area contributed by atoms with Gasteiger partial charge >= 0.3 is 0 Å². The largest absolute Gasteiger partial charge is 0.340 e. The van der Waals surface area contributed by atoms with E-state index >= 15 is 0 Å². The predicted molar refractivity (Wildman–Crippen MR) is 57.9 cm³/mol. The van der Waals surface area contributed by atoms with E-state index < -0.39 is 0 Å².